The summed E-state index contributed by atoms with van der Waals surface area (Å²) in [6.07, 6.45) is -0.629. The first-order valence-electron chi connectivity index (χ1n) is 5.86. The Morgan fingerprint density at radius 2 is 1.67 bits per heavy atom. The van der Waals surface area contributed by atoms with E-state index in [2.05, 4.69) is 0 Å². The van der Waals surface area contributed by atoms with E-state index in [1.54, 1.807) is 12.1 Å². The van der Waals surface area contributed by atoms with Crippen LogP contribution < -0.4 is 4.90 Å². The predicted octanol–water partition coefficient (Wildman–Crippen LogP) is 3.00. The Kier molecular flexibility index (Phi) is 3.95. The van der Waals surface area contributed by atoms with Gasteiger partial charge in [-0.15, -0.1) is 0 Å². The largest absolute Gasteiger partial charge is 0.387 e. The maximum Gasteiger partial charge on any atom is 0.123 e. The van der Waals surface area contributed by atoms with E-state index < -0.39 is 6.10 Å². The highest BCUT2D eigenvalue weighted by atomic mass is 19.1. The number of hydrogen-bond acceptors (Lipinski definition) is 2. The Morgan fingerprint density at radius 1 is 1.06 bits per heavy atom. The minimum absolute atomic E-state index is 0.289. The summed E-state index contributed by atoms with van der Waals surface area (Å²) in [6, 6.07) is 15.8. The van der Waals surface area contributed by atoms with Gasteiger partial charge in [0.1, 0.15) is 5.82 Å². The molecule has 2 rings (SSSR count). The second-order valence-corrected chi connectivity index (χ2v) is 4.28. The molecular formula is C15H16FNO. The Balaban J connectivity index is 2.03. The molecule has 0 aliphatic heterocycles. The first kappa shape index (κ1) is 12.6. The molecule has 1 atom stereocenters. The molecule has 0 saturated heterocycles. The molecule has 0 spiro atoms. The number of anilines is 1. The van der Waals surface area contributed by atoms with Gasteiger partial charge in [0.2, 0.25) is 0 Å². The van der Waals surface area contributed by atoms with Crippen LogP contribution in [0.15, 0.2) is 54.6 Å². The fourth-order valence-electron chi connectivity index (χ4n) is 1.84. The molecule has 0 aromatic heterocycles. The van der Waals surface area contributed by atoms with Crippen molar-refractivity contribution in [2.75, 3.05) is 18.5 Å². The highest BCUT2D eigenvalue weighted by Crippen LogP contribution is 2.18. The highest BCUT2D eigenvalue weighted by molar-refractivity contribution is 5.45. The lowest BCUT2D eigenvalue weighted by atomic mass is 10.1. The third-order valence-electron chi connectivity index (χ3n) is 2.90. The Hall–Kier alpha value is -1.87. The number of aliphatic hydroxyl groups excluding tert-OH is 1. The van der Waals surface area contributed by atoms with Crippen LogP contribution in [0.25, 0.3) is 0 Å². The van der Waals surface area contributed by atoms with Crippen LogP contribution in [-0.4, -0.2) is 18.7 Å². The molecule has 3 heteroatoms. The van der Waals surface area contributed by atoms with Gasteiger partial charge in [-0.05, 0) is 29.8 Å². The summed E-state index contributed by atoms with van der Waals surface area (Å²) >= 11 is 0. The maximum atomic E-state index is 12.8. The highest BCUT2D eigenvalue weighted by Gasteiger charge is 2.11. The molecule has 2 nitrogen and oxygen atoms in total. The van der Waals surface area contributed by atoms with E-state index in [9.17, 15) is 9.50 Å². The molecule has 0 fully saturated rings. The number of aliphatic hydroxyl groups is 1. The van der Waals surface area contributed by atoms with Crippen molar-refractivity contribution in [2.24, 2.45) is 0 Å². The molecular weight excluding hydrogens is 229 g/mol. The number of likely N-dealkylation sites (N-methyl/N-ethyl adjacent to an activating group) is 1. The lowest BCUT2D eigenvalue weighted by Crippen LogP contribution is -2.24. The molecule has 0 amide bonds. The maximum absolute atomic E-state index is 12.8. The van der Waals surface area contributed by atoms with Crippen LogP contribution in [0, 0.1) is 5.82 Å². The van der Waals surface area contributed by atoms with Crippen LogP contribution in [-0.2, 0) is 0 Å². The zero-order chi connectivity index (χ0) is 13.0. The molecule has 0 saturated carbocycles. The lowest BCUT2D eigenvalue weighted by molar-refractivity contribution is 0.185. The van der Waals surface area contributed by atoms with E-state index in [0.29, 0.717) is 6.54 Å². The summed E-state index contributed by atoms with van der Waals surface area (Å²) < 4.78 is 12.8. The van der Waals surface area contributed by atoms with E-state index in [1.807, 2.05) is 42.3 Å². The zero-order valence-electron chi connectivity index (χ0n) is 10.3. The van der Waals surface area contributed by atoms with E-state index in [4.69, 9.17) is 0 Å². The molecule has 0 bridgehead atoms. The number of halogens is 1. The Labute approximate surface area is 106 Å². The van der Waals surface area contributed by atoms with E-state index in [-0.39, 0.29) is 5.82 Å². The van der Waals surface area contributed by atoms with Crippen LogP contribution in [0.3, 0.4) is 0 Å². The zero-order valence-corrected chi connectivity index (χ0v) is 10.3. The summed E-state index contributed by atoms with van der Waals surface area (Å²) in [7, 11) is 1.92. The van der Waals surface area contributed by atoms with Gasteiger partial charge in [-0.3, -0.25) is 0 Å². The van der Waals surface area contributed by atoms with Gasteiger partial charge in [0.25, 0.3) is 0 Å². The Morgan fingerprint density at radius 3 is 2.28 bits per heavy atom. The van der Waals surface area contributed by atoms with Crippen LogP contribution in [0.5, 0.6) is 0 Å². The smallest absolute Gasteiger partial charge is 0.123 e. The van der Waals surface area contributed by atoms with E-state index in [1.165, 1.54) is 12.1 Å². The number of para-hydroxylation sites is 1. The van der Waals surface area contributed by atoms with Crippen LogP contribution >= 0.6 is 0 Å². The molecule has 1 unspecified atom stereocenters. The van der Waals surface area contributed by atoms with Crippen LogP contribution in [0.4, 0.5) is 10.1 Å². The van der Waals surface area contributed by atoms with Crippen molar-refractivity contribution in [1.82, 2.24) is 0 Å². The van der Waals surface area contributed by atoms with Crippen LogP contribution in [0.1, 0.15) is 11.7 Å². The minimum atomic E-state index is -0.629. The van der Waals surface area contributed by atoms with Gasteiger partial charge >= 0.3 is 0 Å². The summed E-state index contributed by atoms with van der Waals surface area (Å²) in [5.74, 6) is -0.289. The Bertz CT molecular complexity index is 484. The second-order valence-electron chi connectivity index (χ2n) is 4.28. The van der Waals surface area contributed by atoms with Gasteiger partial charge in [-0.25, -0.2) is 4.39 Å². The molecule has 0 radical (unpaired) electrons. The summed E-state index contributed by atoms with van der Waals surface area (Å²) in [5.41, 5.74) is 1.76. The van der Waals surface area contributed by atoms with E-state index >= 15 is 0 Å². The molecule has 0 heterocycles. The molecule has 18 heavy (non-hydrogen) atoms. The number of hydrogen-bond donors (Lipinski definition) is 1. The minimum Gasteiger partial charge on any atom is -0.387 e. The molecule has 94 valence electrons. The molecule has 2 aromatic carbocycles. The van der Waals surface area contributed by atoms with Crippen molar-refractivity contribution in [1.29, 1.82) is 0 Å². The fraction of sp³-hybridized carbons (Fsp3) is 0.200. The van der Waals surface area contributed by atoms with Gasteiger partial charge in [-0.1, -0.05) is 30.3 Å². The topological polar surface area (TPSA) is 23.5 Å². The third kappa shape index (κ3) is 3.08. The average molecular weight is 245 g/mol. The second kappa shape index (κ2) is 5.65. The molecule has 0 aliphatic carbocycles. The first-order chi connectivity index (χ1) is 8.66. The van der Waals surface area contributed by atoms with Gasteiger partial charge in [-0.2, -0.15) is 0 Å². The van der Waals surface area contributed by atoms with Crippen molar-refractivity contribution in [3.63, 3.8) is 0 Å². The fourth-order valence-corrected chi connectivity index (χ4v) is 1.84. The third-order valence-corrected chi connectivity index (χ3v) is 2.90. The van der Waals surface area contributed by atoms with Crippen molar-refractivity contribution < 1.29 is 9.50 Å². The number of nitrogens with zero attached hydrogens (tertiary/aromatic N) is 1. The molecule has 2 aromatic rings. The average Bonchev–Trinajstić information content (AvgIpc) is 2.40. The number of benzene rings is 2. The molecule has 0 aliphatic rings. The van der Waals surface area contributed by atoms with Crippen molar-refractivity contribution in [3.8, 4) is 0 Å². The van der Waals surface area contributed by atoms with Crippen LogP contribution in [0.2, 0.25) is 0 Å². The van der Waals surface area contributed by atoms with Gasteiger partial charge in [0, 0.05) is 19.3 Å². The summed E-state index contributed by atoms with van der Waals surface area (Å²) in [6.45, 7) is 0.468. The van der Waals surface area contributed by atoms with Crippen molar-refractivity contribution in [2.45, 2.75) is 6.10 Å². The predicted molar refractivity (Wildman–Crippen MR) is 71.1 cm³/mol. The number of rotatable bonds is 4. The SMILES string of the molecule is CN(CC(O)c1ccc(F)cc1)c1ccccc1. The van der Waals surface area contributed by atoms with Gasteiger partial charge in [0.15, 0.2) is 0 Å². The van der Waals surface area contributed by atoms with Gasteiger partial charge in [0.05, 0.1) is 6.10 Å². The van der Waals surface area contributed by atoms with Crippen molar-refractivity contribution >= 4 is 5.69 Å². The van der Waals surface area contributed by atoms with Crippen molar-refractivity contribution in [3.05, 3.63) is 66.0 Å². The lowest BCUT2D eigenvalue weighted by Gasteiger charge is -2.22. The normalized spacial score (nSPS) is 12.2. The quantitative estimate of drug-likeness (QED) is 0.895. The van der Waals surface area contributed by atoms with Gasteiger partial charge < -0.3 is 10.0 Å². The monoisotopic (exact) mass is 245 g/mol. The van der Waals surface area contributed by atoms with E-state index in [0.717, 1.165) is 11.3 Å². The first-order valence-corrected chi connectivity index (χ1v) is 5.86. The molecule has 1 N–H and O–H groups in total. The summed E-state index contributed by atoms with van der Waals surface area (Å²) in [5, 5.41) is 10.1. The standard InChI is InChI=1S/C15H16FNO/c1-17(14-5-3-2-4-6-14)11-15(18)12-7-9-13(16)10-8-12/h2-10,15,18H,11H2,1H3. The summed E-state index contributed by atoms with van der Waals surface area (Å²) in [4.78, 5) is 1.97.